The second-order valence-corrected chi connectivity index (χ2v) is 4.02. The molecular weight excluding hydrogens is 230 g/mol. The molecule has 0 radical (unpaired) electrons. The number of H-pyrrole nitrogens is 1. The van der Waals surface area contributed by atoms with E-state index in [1.54, 1.807) is 13.3 Å². The van der Waals surface area contributed by atoms with Crippen molar-refractivity contribution in [2.24, 2.45) is 0 Å². The molecule has 98 valence electrons. The van der Waals surface area contributed by atoms with Crippen LogP contribution in [0.15, 0.2) is 24.7 Å². The third-order valence-electron chi connectivity index (χ3n) is 2.85. The molecule has 0 amide bonds. The molecule has 2 aromatic rings. The number of ether oxygens (including phenoxy) is 1. The molecule has 0 spiro atoms. The van der Waals surface area contributed by atoms with Crippen molar-refractivity contribution in [3.63, 3.8) is 0 Å². The number of methoxy groups -OCH3 is 1. The molecule has 18 heavy (non-hydrogen) atoms. The van der Waals surface area contributed by atoms with Crippen LogP contribution < -0.4 is 5.32 Å². The summed E-state index contributed by atoms with van der Waals surface area (Å²) in [5.74, 6) is 0.894. The molecular formula is C12H19N5O. The zero-order valence-corrected chi connectivity index (χ0v) is 10.8. The van der Waals surface area contributed by atoms with Gasteiger partial charge in [0.25, 0.3) is 0 Å². The van der Waals surface area contributed by atoms with Crippen LogP contribution in [0.3, 0.4) is 0 Å². The van der Waals surface area contributed by atoms with Gasteiger partial charge in [0.1, 0.15) is 11.9 Å². The predicted molar refractivity (Wildman–Crippen MR) is 68.2 cm³/mol. The minimum atomic E-state index is 0.0324. The highest BCUT2D eigenvalue weighted by Crippen LogP contribution is 2.18. The van der Waals surface area contributed by atoms with Crippen molar-refractivity contribution in [3.05, 3.63) is 36.2 Å². The van der Waals surface area contributed by atoms with E-state index in [0.29, 0.717) is 0 Å². The number of aromatic nitrogens is 4. The van der Waals surface area contributed by atoms with Gasteiger partial charge in [-0.05, 0) is 19.5 Å². The van der Waals surface area contributed by atoms with Crippen molar-refractivity contribution in [2.75, 3.05) is 20.8 Å². The Labute approximate surface area is 106 Å². The number of nitrogens with one attached hydrogen (secondary N) is 2. The molecule has 6 nitrogen and oxygen atoms in total. The molecule has 0 bridgehead atoms. The molecule has 0 saturated carbocycles. The number of rotatable bonds is 7. The van der Waals surface area contributed by atoms with E-state index < -0.39 is 0 Å². The Bertz CT molecular complexity index is 451. The zero-order chi connectivity index (χ0) is 12.8. The first-order chi connectivity index (χ1) is 8.86. The minimum absolute atomic E-state index is 0.0324. The van der Waals surface area contributed by atoms with E-state index in [-0.39, 0.29) is 6.04 Å². The molecule has 2 N–H and O–H groups in total. The van der Waals surface area contributed by atoms with Gasteiger partial charge in [-0.25, -0.2) is 4.98 Å². The summed E-state index contributed by atoms with van der Waals surface area (Å²) in [5.41, 5.74) is 1.10. The van der Waals surface area contributed by atoms with Gasteiger partial charge in [-0.15, -0.1) is 0 Å². The van der Waals surface area contributed by atoms with Crippen molar-refractivity contribution in [1.29, 1.82) is 0 Å². The molecule has 6 heteroatoms. The molecule has 0 aromatic carbocycles. The van der Waals surface area contributed by atoms with Gasteiger partial charge in [0.2, 0.25) is 0 Å². The summed E-state index contributed by atoms with van der Waals surface area (Å²) in [4.78, 5) is 7.43. The molecule has 0 fully saturated rings. The van der Waals surface area contributed by atoms with Gasteiger partial charge in [-0.2, -0.15) is 5.10 Å². The molecule has 1 atom stereocenters. The lowest BCUT2D eigenvalue weighted by atomic mass is 10.2. The van der Waals surface area contributed by atoms with E-state index in [1.807, 2.05) is 30.2 Å². The molecule has 0 aliphatic rings. The van der Waals surface area contributed by atoms with Gasteiger partial charge in [0.05, 0.1) is 5.69 Å². The second kappa shape index (κ2) is 6.32. The van der Waals surface area contributed by atoms with E-state index >= 15 is 0 Å². The maximum atomic E-state index is 5.06. The lowest BCUT2D eigenvalue weighted by Crippen LogP contribution is -2.23. The number of hydrogen-bond acceptors (Lipinski definition) is 4. The van der Waals surface area contributed by atoms with Crippen molar-refractivity contribution in [1.82, 2.24) is 25.1 Å². The number of nitrogens with zero attached hydrogens (tertiary/aromatic N) is 3. The lowest BCUT2D eigenvalue weighted by Gasteiger charge is -2.16. The van der Waals surface area contributed by atoms with Crippen molar-refractivity contribution in [2.45, 2.75) is 19.0 Å². The maximum absolute atomic E-state index is 5.06. The SMILES string of the molecule is CNC(c1ncc[nH]1)c1ccnn1CCCOC. The summed E-state index contributed by atoms with van der Waals surface area (Å²) >= 11 is 0. The van der Waals surface area contributed by atoms with Crippen LogP contribution in [0.25, 0.3) is 0 Å². The van der Waals surface area contributed by atoms with Crippen LogP contribution in [0.1, 0.15) is 24.0 Å². The summed E-state index contributed by atoms with van der Waals surface area (Å²) in [6.45, 7) is 1.58. The Balaban J connectivity index is 2.13. The van der Waals surface area contributed by atoms with Crippen LogP contribution in [0, 0.1) is 0 Å². The zero-order valence-electron chi connectivity index (χ0n) is 10.8. The fourth-order valence-electron chi connectivity index (χ4n) is 1.99. The van der Waals surface area contributed by atoms with Crippen LogP contribution in [-0.2, 0) is 11.3 Å². The average molecular weight is 249 g/mol. The maximum Gasteiger partial charge on any atom is 0.129 e. The van der Waals surface area contributed by atoms with E-state index in [1.165, 1.54) is 0 Å². The highest BCUT2D eigenvalue weighted by Gasteiger charge is 2.18. The topological polar surface area (TPSA) is 67.8 Å². The summed E-state index contributed by atoms with van der Waals surface area (Å²) in [6, 6.07) is 2.04. The number of aromatic amines is 1. The first-order valence-corrected chi connectivity index (χ1v) is 6.04. The highest BCUT2D eigenvalue weighted by molar-refractivity contribution is 5.16. The molecule has 1 unspecified atom stereocenters. The minimum Gasteiger partial charge on any atom is -0.385 e. The van der Waals surface area contributed by atoms with Crippen molar-refractivity contribution < 1.29 is 4.74 Å². The fourth-order valence-corrected chi connectivity index (χ4v) is 1.99. The Morgan fingerprint density at radius 2 is 2.39 bits per heavy atom. The standard InChI is InChI=1S/C12H19N5O/c1-13-11(12-14-6-7-15-12)10-4-5-16-17(10)8-3-9-18-2/h4-7,11,13H,3,8-9H2,1-2H3,(H,14,15). The van der Waals surface area contributed by atoms with Crippen molar-refractivity contribution >= 4 is 0 Å². The lowest BCUT2D eigenvalue weighted by molar-refractivity contribution is 0.188. The van der Waals surface area contributed by atoms with Gasteiger partial charge in [-0.1, -0.05) is 0 Å². The highest BCUT2D eigenvalue weighted by atomic mass is 16.5. The smallest absolute Gasteiger partial charge is 0.129 e. The number of hydrogen-bond donors (Lipinski definition) is 2. The van der Waals surface area contributed by atoms with Gasteiger partial charge in [-0.3, -0.25) is 4.68 Å². The Morgan fingerprint density at radius 3 is 3.06 bits per heavy atom. The predicted octanol–water partition coefficient (Wildman–Crippen LogP) is 0.951. The Morgan fingerprint density at radius 1 is 1.50 bits per heavy atom. The van der Waals surface area contributed by atoms with Crippen molar-refractivity contribution in [3.8, 4) is 0 Å². The van der Waals surface area contributed by atoms with E-state index in [4.69, 9.17) is 4.74 Å². The first-order valence-electron chi connectivity index (χ1n) is 6.04. The summed E-state index contributed by atoms with van der Waals surface area (Å²) in [6.07, 6.45) is 6.34. The monoisotopic (exact) mass is 249 g/mol. The summed E-state index contributed by atoms with van der Waals surface area (Å²) < 4.78 is 7.05. The van der Waals surface area contributed by atoms with Crippen LogP contribution in [0.2, 0.25) is 0 Å². The van der Waals surface area contributed by atoms with E-state index in [9.17, 15) is 0 Å². The number of imidazole rings is 1. The molecule has 2 heterocycles. The Hall–Kier alpha value is -1.66. The third-order valence-corrected chi connectivity index (χ3v) is 2.85. The normalized spacial score (nSPS) is 12.8. The summed E-state index contributed by atoms with van der Waals surface area (Å²) in [5, 5.41) is 7.60. The average Bonchev–Trinajstić information content (AvgIpc) is 3.03. The Kier molecular flexibility index (Phi) is 4.49. The van der Waals surface area contributed by atoms with Crippen LogP contribution in [-0.4, -0.2) is 40.5 Å². The molecule has 0 aliphatic carbocycles. The van der Waals surface area contributed by atoms with Gasteiger partial charge in [0.15, 0.2) is 0 Å². The van der Waals surface area contributed by atoms with Gasteiger partial charge >= 0.3 is 0 Å². The quantitative estimate of drug-likeness (QED) is 0.717. The third kappa shape index (κ3) is 2.77. The summed E-state index contributed by atoms with van der Waals surface area (Å²) in [7, 11) is 3.63. The molecule has 2 aromatic heterocycles. The largest absolute Gasteiger partial charge is 0.385 e. The van der Waals surface area contributed by atoms with E-state index in [2.05, 4.69) is 20.4 Å². The molecule has 0 saturated heterocycles. The number of aryl methyl sites for hydroxylation is 1. The second-order valence-electron chi connectivity index (χ2n) is 4.02. The first kappa shape index (κ1) is 12.8. The molecule has 2 rings (SSSR count). The van der Waals surface area contributed by atoms with Gasteiger partial charge < -0.3 is 15.0 Å². The fraction of sp³-hybridized carbons (Fsp3) is 0.500. The van der Waals surface area contributed by atoms with Gasteiger partial charge in [0, 0.05) is 38.9 Å². The van der Waals surface area contributed by atoms with Crippen LogP contribution in [0.4, 0.5) is 0 Å². The van der Waals surface area contributed by atoms with E-state index in [0.717, 1.165) is 31.1 Å². The molecule has 0 aliphatic heterocycles. The van der Waals surface area contributed by atoms with Crippen LogP contribution in [0.5, 0.6) is 0 Å². The van der Waals surface area contributed by atoms with Crippen LogP contribution >= 0.6 is 0 Å².